The van der Waals surface area contributed by atoms with E-state index < -0.39 is 33.4 Å². The van der Waals surface area contributed by atoms with Crippen LogP contribution in [0, 0.1) is 0 Å². The van der Waals surface area contributed by atoms with Crippen molar-refractivity contribution in [3.8, 4) is 0 Å². The number of nitrogens with zero attached hydrogens (tertiary/aromatic N) is 1. The van der Waals surface area contributed by atoms with Crippen molar-refractivity contribution < 1.29 is 49.3 Å². The van der Waals surface area contributed by atoms with Gasteiger partial charge in [0, 0.05) is 0 Å². The van der Waals surface area contributed by atoms with Gasteiger partial charge in [-0.15, -0.1) is 0 Å². The summed E-state index contributed by atoms with van der Waals surface area (Å²) >= 11 is 0. The summed E-state index contributed by atoms with van der Waals surface area (Å²) in [4.78, 5) is 10.3. The summed E-state index contributed by atoms with van der Waals surface area (Å²) in [6.07, 6.45) is -9.94. The van der Waals surface area contributed by atoms with Crippen LogP contribution in [0.15, 0.2) is 0 Å². The minimum absolute atomic E-state index is 1.21. The Morgan fingerprint density at radius 3 is 1.26 bits per heavy atom. The second-order valence-electron chi connectivity index (χ2n) is 4.79. The van der Waals surface area contributed by atoms with Gasteiger partial charge in [0.15, 0.2) is 13.2 Å². The number of phosphoric ester groups is 1. The van der Waals surface area contributed by atoms with Crippen molar-refractivity contribution in [1.29, 1.82) is 0 Å². The van der Waals surface area contributed by atoms with E-state index in [2.05, 4.69) is 36.9 Å². The van der Waals surface area contributed by atoms with E-state index in [4.69, 9.17) is 0 Å². The fourth-order valence-corrected chi connectivity index (χ4v) is 1.70. The predicted molar refractivity (Wildman–Crippen MR) is 69.4 cm³/mol. The Bertz CT molecular complexity index is 340. The summed E-state index contributed by atoms with van der Waals surface area (Å²) in [7, 11) is -3.28. The van der Waals surface area contributed by atoms with E-state index in [9.17, 15) is 35.8 Å². The highest BCUT2D eigenvalue weighted by Crippen LogP contribution is 2.41. The second-order valence-corrected chi connectivity index (χ2v) is 6.20. The van der Waals surface area contributed by atoms with Crippen molar-refractivity contribution in [3.05, 3.63) is 0 Å². The van der Waals surface area contributed by atoms with Gasteiger partial charge in [0.25, 0.3) is 7.82 Å². The van der Waals surface area contributed by atoms with E-state index in [1.807, 2.05) is 0 Å². The molecule has 0 bridgehead atoms. The largest absolute Gasteiger partial charge is 0.756 e. The second kappa shape index (κ2) is 9.83. The topological polar surface area (TPSA) is 58.6 Å². The summed E-state index contributed by atoms with van der Waals surface area (Å²) in [6.45, 7) is 6.04. The normalized spacial score (nSPS) is 13.5. The third-order valence-corrected chi connectivity index (χ3v) is 3.95. The quantitative estimate of drug-likeness (QED) is 0.389. The van der Waals surface area contributed by atoms with Crippen molar-refractivity contribution in [2.75, 3.05) is 39.9 Å². The van der Waals surface area contributed by atoms with Gasteiger partial charge in [-0.25, -0.2) is 0 Å². The number of rotatable bonds is 7. The fraction of sp³-hybridized carbons (Fsp3) is 1.00. The Morgan fingerprint density at radius 1 is 0.870 bits per heavy atom. The van der Waals surface area contributed by atoms with Gasteiger partial charge in [0.1, 0.15) is 0 Å². The molecule has 0 amide bonds. The van der Waals surface area contributed by atoms with Gasteiger partial charge < -0.3 is 18.4 Å². The molecule has 0 aliphatic carbocycles. The van der Waals surface area contributed by atoms with Crippen LogP contribution in [0.25, 0.3) is 0 Å². The number of alkyl halides is 6. The van der Waals surface area contributed by atoms with Gasteiger partial charge in [-0.2, -0.15) is 26.3 Å². The van der Waals surface area contributed by atoms with Crippen molar-refractivity contribution in [2.45, 2.75) is 33.1 Å². The molecular weight excluding hydrogens is 355 g/mol. The first kappa shape index (κ1) is 24.9. The SMILES string of the molecule is CC[N+](C)(CC)CC.O=P([O-])(OCC(F)(F)F)OCC(F)(F)F. The zero-order valence-electron chi connectivity index (χ0n) is 13.3. The molecule has 0 saturated carbocycles. The summed E-state index contributed by atoms with van der Waals surface area (Å²) in [5.74, 6) is 0. The van der Waals surface area contributed by atoms with Crippen LogP contribution in [0.3, 0.4) is 0 Å². The lowest BCUT2D eigenvalue weighted by Crippen LogP contribution is -2.42. The highest BCUT2D eigenvalue weighted by molar-refractivity contribution is 7.45. The Balaban J connectivity index is 0. The van der Waals surface area contributed by atoms with E-state index in [0.29, 0.717) is 0 Å². The molecule has 5 nitrogen and oxygen atoms in total. The van der Waals surface area contributed by atoms with E-state index in [1.54, 1.807) is 0 Å². The molecule has 0 atom stereocenters. The molecule has 0 aliphatic rings. The third kappa shape index (κ3) is 16.3. The Kier molecular flexibility index (Phi) is 10.6. The number of hydrogen-bond acceptors (Lipinski definition) is 4. The van der Waals surface area contributed by atoms with Crippen LogP contribution in [0.1, 0.15) is 20.8 Å². The Labute approximate surface area is 131 Å². The lowest BCUT2D eigenvalue weighted by molar-refractivity contribution is -0.904. The molecule has 12 heteroatoms. The number of quaternary nitrogens is 1. The minimum atomic E-state index is -5.58. The fourth-order valence-electron chi connectivity index (χ4n) is 1.01. The number of halogens is 6. The predicted octanol–water partition coefficient (Wildman–Crippen LogP) is 3.11. The van der Waals surface area contributed by atoms with Crippen molar-refractivity contribution in [3.63, 3.8) is 0 Å². The minimum Gasteiger partial charge on any atom is -0.756 e. The molecule has 0 heterocycles. The van der Waals surface area contributed by atoms with E-state index >= 15 is 0 Å². The smallest absolute Gasteiger partial charge is 0.412 e. The Hall–Kier alpha value is -0.350. The van der Waals surface area contributed by atoms with Gasteiger partial charge in [-0.1, -0.05) is 0 Å². The lowest BCUT2D eigenvalue weighted by Gasteiger charge is -2.30. The molecule has 0 N–H and O–H groups in total. The summed E-state index contributed by atoms with van der Waals surface area (Å²) in [5, 5.41) is 0. The van der Waals surface area contributed by atoms with Crippen molar-refractivity contribution >= 4 is 7.82 Å². The first-order chi connectivity index (χ1) is 10.1. The van der Waals surface area contributed by atoms with Crippen molar-refractivity contribution in [2.24, 2.45) is 0 Å². The van der Waals surface area contributed by atoms with Crippen LogP contribution >= 0.6 is 7.82 Å². The molecule has 0 rings (SSSR count). The zero-order chi connectivity index (χ0) is 18.9. The standard InChI is InChI=1S/C7H18N.C4H5F6O4P/c1-5-8(4,6-2)7-3;5-3(6,7)1-13-15(11,12)14-2-4(8,9)10/h5-7H2,1-4H3;1-2H2,(H,11,12)/q+1;/p-1. The maximum Gasteiger partial charge on any atom is 0.412 e. The zero-order valence-corrected chi connectivity index (χ0v) is 14.2. The van der Waals surface area contributed by atoms with E-state index in [-0.39, 0.29) is 0 Å². The van der Waals surface area contributed by atoms with Gasteiger partial charge in [-0.3, -0.25) is 4.57 Å². The van der Waals surface area contributed by atoms with E-state index in [0.717, 1.165) is 0 Å². The first-order valence-electron chi connectivity index (χ1n) is 6.67. The highest BCUT2D eigenvalue weighted by atomic mass is 31.2. The van der Waals surface area contributed by atoms with Crippen LogP contribution in [0.5, 0.6) is 0 Å². The molecule has 0 unspecified atom stereocenters. The summed E-state index contributed by atoms with van der Waals surface area (Å²) in [6, 6.07) is 0. The van der Waals surface area contributed by atoms with Crippen LogP contribution in [0.2, 0.25) is 0 Å². The van der Waals surface area contributed by atoms with Crippen LogP contribution in [0.4, 0.5) is 26.3 Å². The van der Waals surface area contributed by atoms with Gasteiger partial charge in [-0.05, 0) is 20.8 Å². The molecule has 0 saturated heterocycles. The molecule has 142 valence electrons. The van der Waals surface area contributed by atoms with E-state index in [1.165, 1.54) is 24.1 Å². The number of hydrogen-bond donors (Lipinski definition) is 0. The van der Waals surface area contributed by atoms with Crippen LogP contribution < -0.4 is 4.89 Å². The third-order valence-electron chi connectivity index (χ3n) is 3.06. The van der Waals surface area contributed by atoms with Gasteiger partial charge >= 0.3 is 12.4 Å². The van der Waals surface area contributed by atoms with Gasteiger partial charge in [0.2, 0.25) is 0 Å². The monoisotopic (exact) mass is 377 g/mol. The maximum absolute atomic E-state index is 11.4. The molecule has 0 spiro atoms. The summed E-state index contributed by atoms with van der Waals surface area (Å²) in [5.41, 5.74) is 0. The first-order valence-corrected chi connectivity index (χ1v) is 8.13. The molecule has 0 aliphatic heterocycles. The van der Waals surface area contributed by atoms with Crippen LogP contribution in [-0.2, 0) is 13.6 Å². The van der Waals surface area contributed by atoms with Crippen LogP contribution in [-0.4, -0.2) is 56.7 Å². The maximum atomic E-state index is 11.4. The lowest BCUT2D eigenvalue weighted by atomic mass is 10.4. The van der Waals surface area contributed by atoms with Gasteiger partial charge in [0.05, 0.1) is 26.7 Å². The Morgan fingerprint density at radius 2 is 1.13 bits per heavy atom. The van der Waals surface area contributed by atoms with Crippen molar-refractivity contribution in [1.82, 2.24) is 0 Å². The number of phosphoric acid groups is 1. The molecule has 0 aromatic heterocycles. The molecule has 0 aromatic carbocycles. The molecule has 0 radical (unpaired) electrons. The molecule has 0 aromatic rings. The molecule has 23 heavy (non-hydrogen) atoms. The molecule has 0 fully saturated rings. The highest BCUT2D eigenvalue weighted by Gasteiger charge is 2.33. The molecular formula is C11H22F6NO4P. The average molecular weight is 377 g/mol. The summed E-state index contributed by atoms with van der Waals surface area (Å²) < 4.78 is 86.2. The average Bonchev–Trinajstić information content (AvgIpc) is 2.42.